The summed E-state index contributed by atoms with van der Waals surface area (Å²) in [6.07, 6.45) is 0.107. The standard InChI is InChI=1S/C22H17NO6/c24-21(15-28-22(25)14-16-4-2-1-3-5-16)17-6-10-19(11-7-17)29-20-12-8-18(9-13-20)23(26)27/h1-13H,14-15H2. The van der Waals surface area contributed by atoms with Crippen molar-refractivity contribution in [1.82, 2.24) is 0 Å². The maximum atomic E-state index is 12.2. The Morgan fingerprint density at radius 3 is 2.00 bits per heavy atom. The molecule has 7 heteroatoms. The van der Waals surface area contributed by atoms with Crippen LogP contribution in [0.2, 0.25) is 0 Å². The van der Waals surface area contributed by atoms with Crippen molar-refractivity contribution in [2.45, 2.75) is 6.42 Å². The van der Waals surface area contributed by atoms with Gasteiger partial charge >= 0.3 is 5.97 Å². The minimum atomic E-state index is -0.489. The fourth-order valence-corrected chi connectivity index (χ4v) is 2.52. The maximum absolute atomic E-state index is 12.2. The van der Waals surface area contributed by atoms with Crippen molar-refractivity contribution in [3.05, 3.63) is 100 Å². The second-order valence-corrected chi connectivity index (χ2v) is 6.12. The van der Waals surface area contributed by atoms with Crippen LogP contribution in [0.5, 0.6) is 11.5 Å². The number of hydrogen-bond donors (Lipinski definition) is 0. The van der Waals surface area contributed by atoms with Crippen LogP contribution in [0.4, 0.5) is 5.69 Å². The smallest absolute Gasteiger partial charge is 0.310 e. The van der Waals surface area contributed by atoms with E-state index in [1.807, 2.05) is 30.3 Å². The Bertz CT molecular complexity index is 998. The number of carbonyl (C=O) groups is 2. The molecule has 3 aromatic rings. The lowest BCUT2D eigenvalue weighted by molar-refractivity contribution is -0.384. The maximum Gasteiger partial charge on any atom is 0.310 e. The first-order chi connectivity index (χ1) is 14.0. The van der Waals surface area contributed by atoms with Gasteiger partial charge in [0.1, 0.15) is 11.5 Å². The molecule has 3 aromatic carbocycles. The molecule has 0 amide bonds. The van der Waals surface area contributed by atoms with E-state index in [0.717, 1.165) is 5.56 Å². The summed E-state index contributed by atoms with van der Waals surface area (Å²) < 4.78 is 10.6. The van der Waals surface area contributed by atoms with Crippen LogP contribution >= 0.6 is 0 Å². The van der Waals surface area contributed by atoms with Gasteiger partial charge in [-0.05, 0) is 42.0 Å². The number of hydrogen-bond acceptors (Lipinski definition) is 6. The Morgan fingerprint density at radius 1 is 0.828 bits per heavy atom. The van der Waals surface area contributed by atoms with E-state index in [4.69, 9.17) is 9.47 Å². The Morgan fingerprint density at radius 2 is 1.41 bits per heavy atom. The quantitative estimate of drug-likeness (QED) is 0.245. The molecule has 0 heterocycles. The normalized spacial score (nSPS) is 10.2. The molecule has 7 nitrogen and oxygen atoms in total. The van der Waals surface area contributed by atoms with Gasteiger partial charge in [0, 0.05) is 17.7 Å². The highest BCUT2D eigenvalue weighted by Gasteiger charge is 2.11. The number of Topliss-reactive ketones (excluding diaryl/α,β-unsaturated/α-hetero) is 1. The van der Waals surface area contributed by atoms with Crippen molar-refractivity contribution >= 4 is 17.4 Å². The third-order valence-electron chi connectivity index (χ3n) is 4.02. The average molecular weight is 391 g/mol. The number of benzene rings is 3. The van der Waals surface area contributed by atoms with Gasteiger partial charge in [0.25, 0.3) is 5.69 Å². The van der Waals surface area contributed by atoms with Crippen LogP contribution in [0.1, 0.15) is 15.9 Å². The first kappa shape index (κ1) is 19.8. The fraction of sp³-hybridized carbons (Fsp3) is 0.0909. The molecule has 0 aliphatic heterocycles. The van der Waals surface area contributed by atoms with E-state index in [1.165, 1.54) is 24.3 Å². The molecule has 0 saturated carbocycles. The molecule has 0 aliphatic carbocycles. The van der Waals surface area contributed by atoms with Crippen molar-refractivity contribution in [3.8, 4) is 11.5 Å². The summed E-state index contributed by atoms with van der Waals surface area (Å²) in [4.78, 5) is 34.2. The molecule has 0 unspecified atom stereocenters. The predicted octanol–water partition coefficient (Wildman–Crippen LogP) is 4.36. The molecule has 3 rings (SSSR count). The van der Waals surface area contributed by atoms with E-state index in [0.29, 0.717) is 17.1 Å². The Labute approximate surface area is 166 Å². The molecule has 0 aromatic heterocycles. The van der Waals surface area contributed by atoms with Crippen LogP contribution in [0.3, 0.4) is 0 Å². The number of nitro groups is 1. The van der Waals surface area contributed by atoms with Crippen molar-refractivity contribution in [2.75, 3.05) is 6.61 Å². The summed E-state index contributed by atoms with van der Waals surface area (Å²) in [6.45, 7) is -0.339. The number of carbonyl (C=O) groups excluding carboxylic acids is 2. The van der Waals surface area contributed by atoms with E-state index in [1.54, 1.807) is 24.3 Å². The van der Waals surface area contributed by atoms with Gasteiger partial charge in [-0.2, -0.15) is 0 Å². The molecule has 0 saturated heterocycles. The second kappa shape index (κ2) is 9.27. The third kappa shape index (κ3) is 5.74. The van der Waals surface area contributed by atoms with E-state index in [2.05, 4.69) is 0 Å². The molecule has 0 radical (unpaired) electrons. The molecular formula is C22H17NO6. The lowest BCUT2D eigenvalue weighted by Crippen LogP contribution is -2.15. The first-order valence-corrected chi connectivity index (χ1v) is 8.76. The molecule has 0 fully saturated rings. The minimum absolute atomic E-state index is 0.0277. The van der Waals surface area contributed by atoms with Crippen molar-refractivity contribution in [3.63, 3.8) is 0 Å². The van der Waals surface area contributed by atoms with Gasteiger partial charge in [0.05, 0.1) is 11.3 Å². The monoisotopic (exact) mass is 391 g/mol. The number of ketones is 1. The topological polar surface area (TPSA) is 95.7 Å². The highest BCUT2D eigenvalue weighted by Crippen LogP contribution is 2.24. The molecule has 0 aliphatic rings. The zero-order chi connectivity index (χ0) is 20.6. The van der Waals surface area contributed by atoms with E-state index in [9.17, 15) is 19.7 Å². The van der Waals surface area contributed by atoms with Crippen LogP contribution in [-0.4, -0.2) is 23.3 Å². The number of ether oxygens (including phenoxy) is 2. The van der Waals surface area contributed by atoms with E-state index >= 15 is 0 Å². The summed E-state index contributed by atoms with van der Waals surface area (Å²) in [7, 11) is 0. The fourth-order valence-electron chi connectivity index (χ4n) is 2.52. The van der Waals surface area contributed by atoms with Gasteiger partial charge in [0.15, 0.2) is 12.4 Å². The highest BCUT2D eigenvalue weighted by molar-refractivity contribution is 5.98. The van der Waals surface area contributed by atoms with Crippen LogP contribution in [-0.2, 0) is 16.0 Å². The SMILES string of the molecule is O=C(Cc1ccccc1)OCC(=O)c1ccc(Oc2ccc([N+](=O)[O-])cc2)cc1. The molecule has 0 N–H and O–H groups in total. The van der Waals surface area contributed by atoms with Crippen LogP contribution in [0, 0.1) is 10.1 Å². The van der Waals surface area contributed by atoms with E-state index < -0.39 is 10.9 Å². The van der Waals surface area contributed by atoms with Crippen molar-refractivity contribution in [2.24, 2.45) is 0 Å². The van der Waals surface area contributed by atoms with Gasteiger partial charge in [0.2, 0.25) is 0 Å². The van der Waals surface area contributed by atoms with Gasteiger partial charge in [-0.15, -0.1) is 0 Å². The van der Waals surface area contributed by atoms with Crippen molar-refractivity contribution < 1.29 is 24.0 Å². The van der Waals surface area contributed by atoms with Crippen LogP contribution < -0.4 is 4.74 Å². The first-order valence-electron chi connectivity index (χ1n) is 8.76. The zero-order valence-corrected chi connectivity index (χ0v) is 15.3. The minimum Gasteiger partial charge on any atom is -0.457 e. The van der Waals surface area contributed by atoms with Gasteiger partial charge < -0.3 is 9.47 Å². The summed E-state index contributed by atoms with van der Waals surface area (Å²) in [5.41, 5.74) is 1.17. The lowest BCUT2D eigenvalue weighted by atomic mass is 10.1. The summed E-state index contributed by atoms with van der Waals surface area (Å²) in [6, 6.07) is 21.1. The zero-order valence-electron chi connectivity index (χ0n) is 15.3. The lowest BCUT2D eigenvalue weighted by Gasteiger charge is -2.07. The molecule has 146 valence electrons. The summed E-state index contributed by atoms with van der Waals surface area (Å²) in [5.74, 6) is 0.108. The molecule has 29 heavy (non-hydrogen) atoms. The average Bonchev–Trinajstić information content (AvgIpc) is 2.74. The number of esters is 1. The van der Waals surface area contributed by atoms with E-state index in [-0.39, 0.29) is 24.5 Å². The number of nitro benzene ring substituents is 1. The van der Waals surface area contributed by atoms with Crippen LogP contribution in [0.25, 0.3) is 0 Å². The molecular weight excluding hydrogens is 374 g/mol. The van der Waals surface area contributed by atoms with Gasteiger partial charge in [-0.3, -0.25) is 19.7 Å². The van der Waals surface area contributed by atoms with Gasteiger partial charge in [-0.25, -0.2) is 0 Å². The Hall–Kier alpha value is -4.00. The van der Waals surface area contributed by atoms with Gasteiger partial charge in [-0.1, -0.05) is 30.3 Å². The summed E-state index contributed by atoms with van der Waals surface area (Å²) in [5, 5.41) is 10.7. The second-order valence-electron chi connectivity index (χ2n) is 6.12. The predicted molar refractivity (Wildman–Crippen MR) is 105 cm³/mol. The Balaban J connectivity index is 1.51. The highest BCUT2D eigenvalue weighted by atomic mass is 16.6. The molecule has 0 spiro atoms. The largest absolute Gasteiger partial charge is 0.457 e. The Kier molecular flexibility index (Phi) is 6.32. The molecule has 0 bridgehead atoms. The summed E-state index contributed by atoms with van der Waals surface area (Å²) >= 11 is 0. The number of nitrogens with zero attached hydrogens (tertiary/aromatic N) is 1. The van der Waals surface area contributed by atoms with Crippen molar-refractivity contribution in [1.29, 1.82) is 0 Å². The number of non-ortho nitro benzene ring substituents is 1. The number of rotatable bonds is 8. The van der Waals surface area contributed by atoms with Crippen LogP contribution in [0.15, 0.2) is 78.9 Å². The third-order valence-corrected chi connectivity index (χ3v) is 4.02. The molecule has 0 atom stereocenters.